The Kier molecular flexibility index (Phi) is 5.20. The third-order valence-electron chi connectivity index (χ3n) is 3.11. The van der Waals surface area contributed by atoms with E-state index in [2.05, 4.69) is 10.3 Å². The Hall–Kier alpha value is -1.09. The fourth-order valence-electron chi connectivity index (χ4n) is 2.05. The third-order valence-corrected chi connectivity index (χ3v) is 3.85. The maximum atomic E-state index is 6.06. The first-order chi connectivity index (χ1) is 9.20. The predicted molar refractivity (Wildman–Crippen MR) is 80.8 cm³/mol. The van der Waals surface area contributed by atoms with Gasteiger partial charge in [0, 0.05) is 17.9 Å². The summed E-state index contributed by atoms with van der Waals surface area (Å²) in [6, 6.07) is 12.0. The zero-order valence-corrected chi connectivity index (χ0v) is 12.2. The first kappa shape index (κ1) is 14.3. The highest BCUT2D eigenvalue weighted by atomic mass is 35.5. The second-order valence-corrected chi connectivity index (χ2v) is 5.19. The number of rotatable bonds is 5. The number of nitrogens with one attached hydrogen (secondary N) is 1. The summed E-state index contributed by atoms with van der Waals surface area (Å²) >= 11 is 12.0. The van der Waals surface area contributed by atoms with Crippen LogP contribution in [-0.4, -0.2) is 12.0 Å². The zero-order chi connectivity index (χ0) is 13.7. The largest absolute Gasteiger partial charge is 0.313 e. The summed E-state index contributed by atoms with van der Waals surface area (Å²) in [7, 11) is 1.95. The number of halogens is 2. The zero-order valence-electron chi connectivity index (χ0n) is 10.7. The fraction of sp³-hybridized carbons (Fsp3) is 0.267. The van der Waals surface area contributed by atoms with Gasteiger partial charge in [-0.2, -0.15) is 0 Å². The van der Waals surface area contributed by atoms with E-state index in [1.807, 2.05) is 49.6 Å². The number of benzene rings is 1. The molecular formula is C15H16Cl2N2. The maximum Gasteiger partial charge on any atom is 0.0595 e. The monoisotopic (exact) mass is 294 g/mol. The van der Waals surface area contributed by atoms with Gasteiger partial charge in [0.05, 0.1) is 10.0 Å². The van der Waals surface area contributed by atoms with E-state index < -0.39 is 0 Å². The first-order valence-corrected chi connectivity index (χ1v) is 6.98. The van der Waals surface area contributed by atoms with Crippen LogP contribution in [0.15, 0.2) is 42.6 Å². The van der Waals surface area contributed by atoms with Gasteiger partial charge in [0.2, 0.25) is 0 Å². The SMILES string of the molecule is CNC(CCc1ccccn1)c1ccc(Cl)c(Cl)c1. The molecule has 0 radical (unpaired) electrons. The average Bonchev–Trinajstić information content (AvgIpc) is 2.44. The summed E-state index contributed by atoms with van der Waals surface area (Å²) in [5.74, 6) is 0. The van der Waals surface area contributed by atoms with Crippen molar-refractivity contribution in [1.82, 2.24) is 10.3 Å². The Morgan fingerprint density at radius 2 is 2.00 bits per heavy atom. The Bertz CT molecular complexity index is 529. The van der Waals surface area contributed by atoms with Crippen LogP contribution >= 0.6 is 23.2 Å². The number of aromatic nitrogens is 1. The van der Waals surface area contributed by atoms with Crippen LogP contribution in [0.2, 0.25) is 10.0 Å². The highest BCUT2D eigenvalue weighted by molar-refractivity contribution is 6.42. The number of nitrogens with zero attached hydrogens (tertiary/aromatic N) is 1. The van der Waals surface area contributed by atoms with Crippen molar-refractivity contribution in [2.24, 2.45) is 0 Å². The summed E-state index contributed by atoms with van der Waals surface area (Å²) in [6.07, 6.45) is 3.71. The van der Waals surface area contributed by atoms with E-state index in [9.17, 15) is 0 Å². The van der Waals surface area contributed by atoms with Gasteiger partial charge in [-0.3, -0.25) is 4.98 Å². The van der Waals surface area contributed by atoms with Crippen LogP contribution in [-0.2, 0) is 6.42 Å². The molecule has 1 aromatic carbocycles. The third kappa shape index (κ3) is 3.93. The van der Waals surface area contributed by atoms with Gasteiger partial charge < -0.3 is 5.32 Å². The molecule has 1 atom stereocenters. The van der Waals surface area contributed by atoms with Gasteiger partial charge in [-0.25, -0.2) is 0 Å². The molecule has 0 aliphatic rings. The maximum absolute atomic E-state index is 6.06. The van der Waals surface area contributed by atoms with Crippen molar-refractivity contribution in [1.29, 1.82) is 0 Å². The van der Waals surface area contributed by atoms with Crippen molar-refractivity contribution >= 4 is 23.2 Å². The molecule has 0 aliphatic heterocycles. The number of hydrogen-bond acceptors (Lipinski definition) is 2. The van der Waals surface area contributed by atoms with Gasteiger partial charge in [0.15, 0.2) is 0 Å². The minimum Gasteiger partial charge on any atom is -0.313 e. The van der Waals surface area contributed by atoms with Crippen molar-refractivity contribution in [2.45, 2.75) is 18.9 Å². The second-order valence-electron chi connectivity index (χ2n) is 4.37. The second kappa shape index (κ2) is 6.90. The highest BCUT2D eigenvalue weighted by Crippen LogP contribution is 2.27. The molecule has 0 aliphatic carbocycles. The van der Waals surface area contributed by atoms with Crippen molar-refractivity contribution in [2.75, 3.05) is 7.05 Å². The van der Waals surface area contributed by atoms with E-state index in [4.69, 9.17) is 23.2 Å². The highest BCUT2D eigenvalue weighted by Gasteiger charge is 2.11. The Labute approximate surface area is 123 Å². The molecule has 0 bridgehead atoms. The topological polar surface area (TPSA) is 24.9 Å². The molecule has 2 aromatic rings. The minimum absolute atomic E-state index is 0.247. The van der Waals surface area contributed by atoms with Crippen LogP contribution < -0.4 is 5.32 Å². The van der Waals surface area contributed by atoms with E-state index in [1.54, 1.807) is 0 Å². The van der Waals surface area contributed by atoms with Crippen molar-refractivity contribution < 1.29 is 0 Å². The van der Waals surface area contributed by atoms with Gasteiger partial charge >= 0.3 is 0 Å². The smallest absolute Gasteiger partial charge is 0.0595 e. The van der Waals surface area contributed by atoms with E-state index >= 15 is 0 Å². The summed E-state index contributed by atoms with van der Waals surface area (Å²) in [4.78, 5) is 4.34. The molecule has 0 spiro atoms. The van der Waals surface area contributed by atoms with Crippen LogP contribution in [0.5, 0.6) is 0 Å². The lowest BCUT2D eigenvalue weighted by molar-refractivity contribution is 0.546. The minimum atomic E-state index is 0.247. The molecule has 1 heterocycles. The van der Waals surface area contributed by atoms with Crippen LogP contribution in [0.25, 0.3) is 0 Å². The molecule has 0 amide bonds. The quantitative estimate of drug-likeness (QED) is 0.890. The molecule has 0 saturated carbocycles. The van der Waals surface area contributed by atoms with E-state index in [0.29, 0.717) is 10.0 Å². The molecular weight excluding hydrogens is 279 g/mol. The molecule has 100 valence electrons. The number of hydrogen-bond donors (Lipinski definition) is 1. The van der Waals surface area contributed by atoms with E-state index in [1.165, 1.54) is 0 Å². The lowest BCUT2D eigenvalue weighted by Gasteiger charge is -2.17. The molecule has 1 N–H and O–H groups in total. The number of aryl methyl sites for hydroxylation is 1. The average molecular weight is 295 g/mol. The normalized spacial score (nSPS) is 12.4. The molecule has 2 rings (SSSR count). The van der Waals surface area contributed by atoms with Crippen LogP contribution in [0.1, 0.15) is 23.7 Å². The van der Waals surface area contributed by atoms with Crippen molar-refractivity contribution in [3.05, 3.63) is 63.9 Å². The Morgan fingerprint density at radius 1 is 1.16 bits per heavy atom. The molecule has 19 heavy (non-hydrogen) atoms. The van der Waals surface area contributed by atoms with Crippen molar-refractivity contribution in [3.8, 4) is 0 Å². The van der Waals surface area contributed by atoms with Gasteiger partial charge in [-0.1, -0.05) is 35.3 Å². The van der Waals surface area contributed by atoms with E-state index in [0.717, 1.165) is 24.1 Å². The lowest BCUT2D eigenvalue weighted by Crippen LogP contribution is -2.17. The van der Waals surface area contributed by atoms with Gasteiger partial charge in [0.25, 0.3) is 0 Å². The van der Waals surface area contributed by atoms with Gasteiger partial charge in [0.1, 0.15) is 0 Å². The fourth-order valence-corrected chi connectivity index (χ4v) is 2.35. The van der Waals surface area contributed by atoms with Gasteiger partial charge in [-0.05, 0) is 49.7 Å². The summed E-state index contributed by atoms with van der Waals surface area (Å²) < 4.78 is 0. The van der Waals surface area contributed by atoms with E-state index in [-0.39, 0.29) is 6.04 Å². The van der Waals surface area contributed by atoms with Gasteiger partial charge in [-0.15, -0.1) is 0 Å². The number of pyridine rings is 1. The molecule has 0 fully saturated rings. The molecule has 2 nitrogen and oxygen atoms in total. The lowest BCUT2D eigenvalue weighted by atomic mass is 10.0. The summed E-state index contributed by atoms with van der Waals surface area (Å²) in [5.41, 5.74) is 2.25. The van der Waals surface area contributed by atoms with Crippen LogP contribution in [0, 0.1) is 0 Å². The predicted octanol–water partition coefficient (Wildman–Crippen LogP) is 4.28. The van der Waals surface area contributed by atoms with Crippen LogP contribution in [0.4, 0.5) is 0 Å². The summed E-state index contributed by atoms with van der Waals surface area (Å²) in [5, 5.41) is 4.49. The molecule has 4 heteroatoms. The Balaban J connectivity index is 2.05. The molecule has 1 aromatic heterocycles. The molecule has 1 unspecified atom stereocenters. The Morgan fingerprint density at radius 3 is 2.63 bits per heavy atom. The molecule has 0 saturated heterocycles. The first-order valence-electron chi connectivity index (χ1n) is 6.23. The van der Waals surface area contributed by atoms with Crippen molar-refractivity contribution in [3.63, 3.8) is 0 Å². The van der Waals surface area contributed by atoms with Crippen LogP contribution in [0.3, 0.4) is 0 Å². The summed E-state index contributed by atoms with van der Waals surface area (Å²) in [6.45, 7) is 0. The standard InChI is InChI=1S/C15H16Cl2N2/c1-18-15(8-6-12-4-2-3-9-19-12)11-5-7-13(16)14(17)10-11/h2-5,7,9-10,15,18H,6,8H2,1H3.